The smallest absolute Gasteiger partial charge is 0.337 e. The normalized spacial score (nSPS) is 15.3. The molecule has 1 aliphatic heterocycles. The van der Waals surface area contributed by atoms with Crippen molar-refractivity contribution < 1.29 is 18.0 Å². The maximum absolute atomic E-state index is 12.7. The van der Waals surface area contributed by atoms with E-state index in [9.17, 15) is 18.0 Å². The van der Waals surface area contributed by atoms with Crippen LogP contribution in [-0.4, -0.2) is 28.9 Å². The number of thiazole rings is 1. The molecular formula is C15H13F3N2OS. The second-order valence-electron chi connectivity index (χ2n) is 5.12. The van der Waals surface area contributed by atoms with E-state index in [1.807, 2.05) is 0 Å². The average Bonchev–Trinajstić information content (AvgIpc) is 3.17. The van der Waals surface area contributed by atoms with E-state index in [1.165, 1.54) is 17.4 Å². The molecule has 1 aromatic carbocycles. The summed E-state index contributed by atoms with van der Waals surface area (Å²) in [4.78, 5) is 18.1. The highest BCUT2D eigenvalue weighted by molar-refractivity contribution is 7.13. The van der Waals surface area contributed by atoms with Gasteiger partial charge < -0.3 is 4.90 Å². The van der Waals surface area contributed by atoms with Crippen LogP contribution in [0.5, 0.6) is 0 Å². The number of hydrogen-bond donors (Lipinski definition) is 0. The number of carbonyl (C=O) groups excluding carboxylic acids is 1. The number of nitrogens with zero attached hydrogens (tertiary/aromatic N) is 2. The minimum atomic E-state index is -4.39. The Bertz CT molecular complexity index is 690. The summed E-state index contributed by atoms with van der Waals surface area (Å²) in [7, 11) is 0. The van der Waals surface area contributed by atoms with Crippen molar-refractivity contribution in [3.8, 4) is 10.6 Å². The Morgan fingerprint density at radius 3 is 2.64 bits per heavy atom. The SMILES string of the molecule is O=C(c1csc(-c2cccc(C(F)(F)F)c2)n1)N1CCCC1. The number of benzene rings is 1. The first-order valence-electron chi connectivity index (χ1n) is 6.87. The number of alkyl halides is 3. The fraction of sp³-hybridized carbons (Fsp3) is 0.333. The minimum absolute atomic E-state index is 0.146. The first-order chi connectivity index (χ1) is 10.4. The standard InChI is InChI=1S/C15H13F3N2OS/c16-15(17,18)11-5-3-4-10(8-11)13-19-12(9-22-13)14(21)20-6-1-2-7-20/h3-5,8-9H,1-2,6-7H2. The van der Waals surface area contributed by atoms with Gasteiger partial charge in [0.25, 0.3) is 5.91 Å². The molecule has 7 heteroatoms. The van der Waals surface area contributed by atoms with Gasteiger partial charge in [-0.15, -0.1) is 11.3 Å². The molecule has 1 aliphatic rings. The van der Waals surface area contributed by atoms with Gasteiger partial charge >= 0.3 is 6.18 Å². The molecule has 116 valence electrons. The quantitative estimate of drug-likeness (QED) is 0.834. The van der Waals surface area contributed by atoms with Gasteiger partial charge in [-0.05, 0) is 25.0 Å². The van der Waals surface area contributed by atoms with E-state index in [1.54, 1.807) is 16.3 Å². The molecule has 0 unspecified atom stereocenters. The van der Waals surface area contributed by atoms with Gasteiger partial charge in [-0.25, -0.2) is 4.98 Å². The summed E-state index contributed by atoms with van der Waals surface area (Å²) in [6.45, 7) is 1.44. The fourth-order valence-corrected chi connectivity index (χ4v) is 3.21. The van der Waals surface area contributed by atoms with Crippen molar-refractivity contribution in [2.75, 3.05) is 13.1 Å². The second-order valence-corrected chi connectivity index (χ2v) is 5.97. The van der Waals surface area contributed by atoms with Gasteiger partial charge in [0.15, 0.2) is 0 Å². The summed E-state index contributed by atoms with van der Waals surface area (Å²) in [5.41, 5.74) is -0.0350. The summed E-state index contributed by atoms with van der Waals surface area (Å²) >= 11 is 1.18. The summed E-state index contributed by atoms with van der Waals surface area (Å²) in [5, 5.41) is 2.03. The first kappa shape index (κ1) is 15.0. The van der Waals surface area contributed by atoms with E-state index in [0.717, 1.165) is 38.1 Å². The van der Waals surface area contributed by atoms with Crippen LogP contribution in [0.25, 0.3) is 10.6 Å². The third kappa shape index (κ3) is 2.99. The molecule has 0 N–H and O–H groups in total. The van der Waals surface area contributed by atoms with Crippen molar-refractivity contribution in [3.63, 3.8) is 0 Å². The zero-order valence-corrected chi connectivity index (χ0v) is 12.4. The number of amides is 1. The van der Waals surface area contributed by atoms with Gasteiger partial charge in [0, 0.05) is 24.0 Å². The molecule has 1 aromatic heterocycles. The van der Waals surface area contributed by atoms with Crippen LogP contribution in [0.15, 0.2) is 29.6 Å². The number of rotatable bonds is 2. The number of carbonyl (C=O) groups is 1. The molecule has 3 nitrogen and oxygen atoms in total. The maximum atomic E-state index is 12.7. The Balaban J connectivity index is 1.86. The van der Waals surface area contributed by atoms with Crippen LogP contribution >= 0.6 is 11.3 Å². The monoisotopic (exact) mass is 326 g/mol. The Labute approximate surface area is 129 Å². The Morgan fingerprint density at radius 1 is 1.23 bits per heavy atom. The van der Waals surface area contributed by atoms with Crippen molar-refractivity contribution in [3.05, 3.63) is 40.9 Å². The number of halogens is 3. The predicted molar refractivity (Wildman–Crippen MR) is 77.7 cm³/mol. The molecule has 1 fully saturated rings. The molecule has 0 spiro atoms. The van der Waals surface area contributed by atoms with Gasteiger partial charge in [-0.1, -0.05) is 12.1 Å². The lowest BCUT2D eigenvalue weighted by Crippen LogP contribution is -2.27. The van der Waals surface area contributed by atoms with Gasteiger partial charge in [0.1, 0.15) is 10.7 Å². The summed E-state index contributed by atoms with van der Waals surface area (Å²) in [6.07, 6.45) is -2.42. The van der Waals surface area contributed by atoms with Gasteiger partial charge in [-0.3, -0.25) is 4.79 Å². The average molecular weight is 326 g/mol. The van der Waals surface area contributed by atoms with Crippen molar-refractivity contribution in [2.24, 2.45) is 0 Å². The van der Waals surface area contributed by atoms with Crippen molar-refractivity contribution in [1.82, 2.24) is 9.88 Å². The highest BCUT2D eigenvalue weighted by Gasteiger charge is 2.30. The molecule has 2 aromatic rings. The van der Waals surface area contributed by atoms with Crippen LogP contribution in [0.1, 0.15) is 28.9 Å². The largest absolute Gasteiger partial charge is 0.416 e. The zero-order chi connectivity index (χ0) is 15.7. The van der Waals surface area contributed by atoms with Crippen molar-refractivity contribution in [1.29, 1.82) is 0 Å². The molecule has 2 heterocycles. The Kier molecular flexibility index (Phi) is 3.90. The summed E-state index contributed by atoms with van der Waals surface area (Å²) in [6, 6.07) is 5.00. The second kappa shape index (κ2) is 5.72. The lowest BCUT2D eigenvalue weighted by Gasteiger charge is -2.12. The number of likely N-dealkylation sites (tertiary alicyclic amines) is 1. The summed E-state index contributed by atoms with van der Waals surface area (Å²) in [5.74, 6) is -0.146. The third-order valence-corrected chi connectivity index (χ3v) is 4.44. The molecule has 0 atom stereocenters. The lowest BCUT2D eigenvalue weighted by atomic mass is 10.1. The fourth-order valence-electron chi connectivity index (χ4n) is 2.42. The predicted octanol–water partition coefficient (Wildman–Crippen LogP) is 4.06. The Hall–Kier alpha value is -1.89. The van der Waals surface area contributed by atoms with Crippen LogP contribution in [-0.2, 0) is 6.18 Å². The number of aromatic nitrogens is 1. The zero-order valence-electron chi connectivity index (χ0n) is 11.6. The third-order valence-electron chi connectivity index (χ3n) is 3.55. The Morgan fingerprint density at radius 2 is 1.95 bits per heavy atom. The minimum Gasteiger partial charge on any atom is -0.337 e. The topological polar surface area (TPSA) is 33.2 Å². The van der Waals surface area contributed by atoms with E-state index in [2.05, 4.69) is 4.98 Å². The van der Waals surface area contributed by atoms with E-state index < -0.39 is 11.7 Å². The molecule has 0 aliphatic carbocycles. The summed E-state index contributed by atoms with van der Waals surface area (Å²) < 4.78 is 38.2. The maximum Gasteiger partial charge on any atom is 0.416 e. The lowest BCUT2D eigenvalue weighted by molar-refractivity contribution is -0.137. The molecule has 0 radical (unpaired) electrons. The van der Waals surface area contributed by atoms with Crippen LogP contribution in [0.4, 0.5) is 13.2 Å². The van der Waals surface area contributed by atoms with Gasteiger partial charge in [0.2, 0.25) is 0 Å². The van der Waals surface area contributed by atoms with Crippen molar-refractivity contribution >= 4 is 17.2 Å². The van der Waals surface area contributed by atoms with Gasteiger partial charge in [0.05, 0.1) is 5.56 Å². The molecule has 3 rings (SSSR count). The highest BCUT2D eigenvalue weighted by atomic mass is 32.1. The highest BCUT2D eigenvalue weighted by Crippen LogP contribution is 2.33. The molecule has 22 heavy (non-hydrogen) atoms. The van der Waals surface area contributed by atoms with Crippen LogP contribution in [0.3, 0.4) is 0 Å². The van der Waals surface area contributed by atoms with Crippen LogP contribution in [0.2, 0.25) is 0 Å². The van der Waals surface area contributed by atoms with E-state index in [4.69, 9.17) is 0 Å². The van der Waals surface area contributed by atoms with Gasteiger partial charge in [-0.2, -0.15) is 13.2 Å². The van der Waals surface area contributed by atoms with Crippen LogP contribution in [0, 0.1) is 0 Å². The van der Waals surface area contributed by atoms with E-state index >= 15 is 0 Å². The molecule has 0 bridgehead atoms. The van der Waals surface area contributed by atoms with E-state index in [0.29, 0.717) is 16.3 Å². The van der Waals surface area contributed by atoms with Crippen LogP contribution < -0.4 is 0 Å². The number of hydrogen-bond acceptors (Lipinski definition) is 3. The molecule has 1 saturated heterocycles. The van der Waals surface area contributed by atoms with Crippen molar-refractivity contribution in [2.45, 2.75) is 19.0 Å². The molecule has 0 saturated carbocycles. The molecular weight excluding hydrogens is 313 g/mol. The first-order valence-corrected chi connectivity index (χ1v) is 7.75. The van der Waals surface area contributed by atoms with E-state index in [-0.39, 0.29) is 5.91 Å². The molecule has 1 amide bonds.